The average molecular weight is 345 g/mol. The van der Waals surface area contributed by atoms with Crippen LogP contribution >= 0.6 is 15.9 Å². The van der Waals surface area contributed by atoms with Gasteiger partial charge in [0.15, 0.2) is 0 Å². The van der Waals surface area contributed by atoms with Gasteiger partial charge >= 0.3 is 0 Å². The van der Waals surface area contributed by atoms with E-state index in [1.807, 2.05) is 31.3 Å². The van der Waals surface area contributed by atoms with Crippen molar-refractivity contribution in [2.45, 2.75) is 6.54 Å². The molecule has 0 atom stereocenters. The third-order valence-electron chi connectivity index (χ3n) is 3.25. The predicted molar refractivity (Wildman–Crippen MR) is 86.6 cm³/mol. The first kappa shape index (κ1) is 13.8. The molecular formula is C15H13BrN4O. The summed E-state index contributed by atoms with van der Waals surface area (Å²) in [5.74, 6) is 0.763. The van der Waals surface area contributed by atoms with E-state index in [9.17, 15) is 4.79 Å². The Morgan fingerprint density at radius 3 is 2.95 bits per heavy atom. The molecule has 2 aromatic heterocycles. The van der Waals surface area contributed by atoms with Crippen molar-refractivity contribution >= 4 is 32.7 Å². The molecule has 0 aliphatic heterocycles. The van der Waals surface area contributed by atoms with Gasteiger partial charge < -0.3 is 5.32 Å². The molecule has 0 spiro atoms. The molecule has 0 saturated carbocycles. The maximum absolute atomic E-state index is 12.5. The van der Waals surface area contributed by atoms with Crippen LogP contribution < -0.4 is 10.9 Å². The molecule has 1 N–H and O–H groups in total. The minimum Gasteiger partial charge on any atom is -0.373 e. The van der Waals surface area contributed by atoms with Gasteiger partial charge in [0.05, 0.1) is 23.8 Å². The summed E-state index contributed by atoms with van der Waals surface area (Å²) in [7, 11) is 1.81. The molecule has 5 nitrogen and oxygen atoms in total. The van der Waals surface area contributed by atoms with Crippen molar-refractivity contribution in [3.8, 4) is 0 Å². The van der Waals surface area contributed by atoms with Crippen LogP contribution in [0.1, 0.15) is 5.56 Å². The molecular weight excluding hydrogens is 332 g/mol. The van der Waals surface area contributed by atoms with Gasteiger partial charge in [-0.1, -0.05) is 22.0 Å². The molecule has 0 amide bonds. The van der Waals surface area contributed by atoms with Crippen molar-refractivity contribution in [2.75, 3.05) is 12.4 Å². The number of benzene rings is 1. The van der Waals surface area contributed by atoms with Crippen LogP contribution in [0.25, 0.3) is 10.9 Å². The number of hydrogen-bond donors (Lipinski definition) is 1. The summed E-state index contributed by atoms with van der Waals surface area (Å²) in [5, 5.41) is 3.63. The zero-order valence-electron chi connectivity index (χ0n) is 11.4. The van der Waals surface area contributed by atoms with Gasteiger partial charge in [-0.05, 0) is 24.3 Å². The lowest BCUT2D eigenvalue weighted by Gasteiger charge is -2.10. The smallest absolute Gasteiger partial charge is 0.261 e. The molecule has 0 bridgehead atoms. The normalized spacial score (nSPS) is 10.8. The molecule has 21 heavy (non-hydrogen) atoms. The molecule has 106 valence electrons. The van der Waals surface area contributed by atoms with Crippen LogP contribution in [0.2, 0.25) is 0 Å². The Morgan fingerprint density at radius 1 is 1.29 bits per heavy atom. The van der Waals surface area contributed by atoms with E-state index in [0.29, 0.717) is 17.4 Å². The number of nitrogens with zero attached hydrogens (tertiary/aromatic N) is 3. The van der Waals surface area contributed by atoms with Crippen LogP contribution in [0.4, 0.5) is 5.82 Å². The predicted octanol–water partition coefficient (Wildman–Crippen LogP) is 2.64. The van der Waals surface area contributed by atoms with Crippen molar-refractivity contribution < 1.29 is 0 Å². The molecule has 0 fully saturated rings. The van der Waals surface area contributed by atoms with Crippen molar-refractivity contribution in [1.82, 2.24) is 14.5 Å². The highest BCUT2D eigenvalue weighted by atomic mass is 79.9. The SMILES string of the molecule is CNc1ncccc1Cn1cnc2ccc(Br)cc2c1=O. The van der Waals surface area contributed by atoms with E-state index in [4.69, 9.17) is 0 Å². The Balaban J connectivity index is 2.09. The summed E-state index contributed by atoms with van der Waals surface area (Å²) in [5.41, 5.74) is 1.57. The standard InChI is InChI=1S/C15H13BrN4O/c1-17-14-10(3-2-6-18-14)8-20-9-19-13-5-4-11(16)7-12(13)15(20)21/h2-7,9H,8H2,1H3,(H,17,18). The van der Waals surface area contributed by atoms with Crippen LogP contribution in [-0.4, -0.2) is 21.6 Å². The quantitative estimate of drug-likeness (QED) is 0.793. The first-order valence-corrected chi connectivity index (χ1v) is 7.24. The van der Waals surface area contributed by atoms with Crippen molar-refractivity contribution in [1.29, 1.82) is 0 Å². The zero-order valence-corrected chi connectivity index (χ0v) is 13.0. The van der Waals surface area contributed by atoms with Gasteiger partial charge in [0.2, 0.25) is 0 Å². The minimum absolute atomic E-state index is 0.0628. The average Bonchev–Trinajstić information content (AvgIpc) is 2.51. The van der Waals surface area contributed by atoms with Crippen LogP contribution in [0.15, 0.2) is 52.1 Å². The van der Waals surface area contributed by atoms with E-state index in [-0.39, 0.29) is 5.56 Å². The monoisotopic (exact) mass is 344 g/mol. The molecule has 2 heterocycles. The van der Waals surface area contributed by atoms with Crippen LogP contribution in [0.3, 0.4) is 0 Å². The van der Waals surface area contributed by atoms with E-state index in [1.54, 1.807) is 23.2 Å². The third-order valence-corrected chi connectivity index (χ3v) is 3.75. The lowest BCUT2D eigenvalue weighted by Crippen LogP contribution is -2.21. The van der Waals surface area contributed by atoms with Crippen LogP contribution in [-0.2, 0) is 6.54 Å². The van der Waals surface area contributed by atoms with Gasteiger partial charge in [0, 0.05) is 23.3 Å². The molecule has 3 aromatic rings. The molecule has 1 aromatic carbocycles. The summed E-state index contributed by atoms with van der Waals surface area (Å²) in [6.07, 6.45) is 3.29. The number of fused-ring (bicyclic) bond motifs is 1. The first-order valence-electron chi connectivity index (χ1n) is 6.45. The van der Waals surface area contributed by atoms with Gasteiger partial charge in [-0.3, -0.25) is 9.36 Å². The summed E-state index contributed by atoms with van der Waals surface area (Å²) in [6, 6.07) is 9.29. The summed E-state index contributed by atoms with van der Waals surface area (Å²) in [6.45, 7) is 0.429. The molecule has 0 unspecified atom stereocenters. The number of halogens is 1. The van der Waals surface area contributed by atoms with E-state index in [1.165, 1.54) is 0 Å². The van der Waals surface area contributed by atoms with E-state index < -0.39 is 0 Å². The molecule has 0 saturated heterocycles. The number of pyridine rings is 1. The van der Waals surface area contributed by atoms with Crippen LogP contribution in [0, 0.1) is 0 Å². The molecule has 3 rings (SSSR count). The van der Waals surface area contributed by atoms with Gasteiger partial charge in [0.1, 0.15) is 5.82 Å². The Morgan fingerprint density at radius 2 is 2.14 bits per heavy atom. The number of aromatic nitrogens is 3. The highest BCUT2D eigenvalue weighted by Crippen LogP contribution is 2.16. The highest BCUT2D eigenvalue weighted by molar-refractivity contribution is 9.10. The van der Waals surface area contributed by atoms with Gasteiger partial charge in [-0.15, -0.1) is 0 Å². The number of anilines is 1. The third kappa shape index (κ3) is 2.67. The molecule has 6 heteroatoms. The summed E-state index contributed by atoms with van der Waals surface area (Å²) < 4.78 is 2.45. The topological polar surface area (TPSA) is 59.8 Å². The minimum atomic E-state index is -0.0628. The molecule has 0 aliphatic carbocycles. The lowest BCUT2D eigenvalue weighted by atomic mass is 10.2. The van der Waals surface area contributed by atoms with Gasteiger partial charge in [-0.2, -0.15) is 0 Å². The van der Waals surface area contributed by atoms with Crippen molar-refractivity contribution in [3.63, 3.8) is 0 Å². The Kier molecular flexibility index (Phi) is 3.70. The van der Waals surface area contributed by atoms with Crippen molar-refractivity contribution in [2.24, 2.45) is 0 Å². The second-order valence-electron chi connectivity index (χ2n) is 4.60. The number of rotatable bonds is 3. The first-order chi connectivity index (χ1) is 10.2. The van der Waals surface area contributed by atoms with Gasteiger partial charge in [-0.25, -0.2) is 9.97 Å². The van der Waals surface area contributed by atoms with Crippen molar-refractivity contribution in [3.05, 3.63) is 63.2 Å². The second-order valence-corrected chi connectivity index (χ2v) is 5.52. The number of nitrogens with one attached hydrogen (secondary N) is 1. The lowest BCUT2D eigenvalue weighted by molar-refractivity contribution is 0.747. The highest BCUT2D eigenvalue weighted by Gasteiger charge is 2.07. The summed E-state index contributed by atoms with van der Waals surface area (Å²) >= 11 is 3.38. The maximum atomic E-state index is 12.5. The van der Waals surface area contributed by atoms with E-state index in [2.05, 4.69) is 31.2 Å². The fourth-order valence-corrected chi connectivity index (χ4v) is 2.58. The number of hydrogen-bond acceptors (Lipinski definition) is 4. The second kappa shape index (κ2) is 5.65. The molecule has 0 radical (unpaired) electrons. The molecule has 0 aliphatic rings. The Labute approximate surface area is 129 Å². The maximum Gasteiger partial charge on any atom is 0.261 e. The Hall–Kier alpha value is -2.21. The fraction of sp³-hybridized carbons (Fsp3) is 0.133. The van der Waals surface area contributed by atoms with E-state index in [0.717, 1.165) is 15.9 Å². The van der Waals surface area contributed by atoms with Gasteiger partial charge in [0.25, 0.3) is 5.56 Å². The largest absolute Gasteiger partial charge is 0.373 e. The zero-order chi connectivity index (χ0) is 14.8. The van der Waals surface area contributed by atoms with E-state index >= 15 is 0 Å². The fourth-order valence-electron chi connectivity index (χ4n) is 2.22. The Bertz CT molecular complexity index is 860. The summed E-state index contributed by atoms with van der Waals surface area (Å²) in [4.78, 5) is 21.1. The van der Waals surface area contributed by atoms with Crippen LogP contribution in [0.5, 0.6) is 0 Å².